The number of carbonyl (C=O) groups excluding carboxylic acids is 2. The molecular formula is C19H20ClNO3S. The van der Waals surface area contributed by atoms with Gasteiger partial charge in [0.15, 0.2) is 0 Å². The summed E-state index contributed by atoms with van der Waals surface area (Å²) in [5, 5.41) is 3.96. The lowest BCUT2D eigenvalue weighted by atomic mass is 9.88. The van der Waals surface area contributed by atoms with Crippen molar-refractivity contribution < 1.29 is 14.3 Å². The van der Waals surface area contributed by atoms with Crippen molar-refractivity contribution in [3.8, 4) is 0 Å². The van der Waals surface area contributed by atoms with Gasteiger partial charge in [-0.3, -0.25) is 4.79 Å². The number of nitrogens with one attached hydrogen (secondary N) is 1. The third-order valence-corrected chi connectivity index (χ3v) is 5.71. The van der Waals surface area contributed by atoms with E-state index in [9.17, 15) is 9.59 Å². The normalized spacial score (nSPS) is 16.2. The van der Waals surface area contributed by atoms with Crippen LogP contribution in [0.1, 0.15) is 51.4 Å². The van der Waals surface area contributed by atoms with E-state index in [1.807, 2.05) is 0 Å². The molecule has 0 fully saturated rings. The number of thiophene rings is 1. The van der Waals surface area contributed by atoms with E-state index in [-0.39, 0.29) is 11.9 Å². The smallest absolute Gasteiger partial charge is 0.341 e. The lowest BCUT2D eigenvalue weighted by Gasteiger charge is -2.18. The molecule has 0 bridgehead atoms. The summed E-state index contributed by atoms with van der Waals surface area (Å²) < 4.78 is 5.22. The molecule has 1 aromatic carbocycles. The van der Waals surface area contributed by atoms with Gasteiger partial charge < -0.3 is 10.1 Å². The van der Waals surface area contributed by atoms with E-state index in [0.717, 1.165) is 24.8 Å². The second kappa shape index (κ2) is 7.58. The highest BCUT2D eigenvalue weighted by Gasteiger charge is 2.29. The number of benzene rings is 1. The molecule has 0 radical (unpaired) electrons. The molecule has 1 aliphatic carbocycles. The number of anilines is 1. The molecule has 132 valence electrons. The molecule has 0 saturated carbocycles. The SMILES string of the molecule is CCOC(=O)c1c(NC(=O)c2cccc(Cl)c2)sc2c1CC[C@@H](C)C2. The molecule has 0 unspecified atom stereocenters. The van der Waals surface area contributed by atoms with Crippen LogP contribution in [-0.2, 0) is 17.6 Å². The molecule has 1 aromatic heterocycles. The van der Waals surface area contributed by atoms with Crippen LogP contribution in [0, 0.1) is 5.92 Å². The van der Waals surface area contributed by atoms with E-state index >= 15 is 0 Å². The van der Waals surface area contributed by atoms with Crippen LogP contribution in [-0.4, -0.2) is 18.5 Å². The maximum absolute atomic E-state index is 12.6. The number of amides is 1. The molecule has 0 saturated heterocycles. The number of carbonyl (C=O) groups is 2. The first-order chi connectivity index (χ1) is 12.0. The Morgan fingerprint density at radius 3 is 2.92 bits per heavy atom. The van der Waals surface area contributed by atoms with Gasteiger partial charge in [0, 0.05) is 15.5 Å². The number of esters is 1. The predicted octanol–water partition coefficient (Wildman–Crippen LogP) is 4.96. The summed E-state index contributed by atoms with van der Waals surface area (Å²) in [6.07, 6.45) is 2.81. The third kappa shape index (κ3) is 3.88. The Balaban J connectivity index is 1.94. The summed E-state index contributed by atoms with van der Waals surface area (Å²) >= 11 is 7.44. The van der Waals surface area contributed by atoms with Gasteiger partial charge in [0.1, 0.15) is 5.00 Å². The van der Waals surface area contributed by atoms with Gasteiger partial charge in [-0.25, -0.2) is 4.79 Å². The van der Waals surface area contributed by atoms with Crippen LogP contribution in [0.2, 0.25) is 5.02 Å². The van der Waals surface area contributed by atoms with Gasteiger partial charge in [-0.15, -0.1) is 11.3 Å². The minimum atomic E-state index is -0.365. The molecule has 6 heteroatoms. The van der Waals surface area contributed by atoms with Crippen LogP contribution in [0.3, 0.4) is 0 Å². The van der Waals surface area contributed by atoms with Crippen LogP contribution in [0.15, 0.2) is 24.3 Å². The molecule has 4 nitrogen and oxygen atoms in total. The second-order valence-electron chi connectivity index (χ2n) is 6.24. The first-order valence-electron chi connectivity index (χ1n) is 8.38. The van der Waals surface area contributed by atoms with Gasteiger partial charge in [-0.2, -0.15) is 0 Å². The zero-order chi connectivity index (χ0) is 18.0. The fourth-order valence-electron chi connectivity index (χ4n) is 3.06. The summed E-state index contributed by atoms with van der Waals surface area (Å²) in [6.45, 7) is 4.29. The van der Waals surface area contributed by atoms with Crippen molar-refractivity contribution in [1.82, 2.24) is 0 Å². The average molecular weight is 378 g/mol. The highest BCUT2D eigenvalue weighted by Crippen LogP contribution is 2.40. The van der Waals surface area contributed by atoms with Crippen molar-refractivity contribution in [1.29, 1.82) is 0 Å². The van der Waals surface area contributed by atoms with Crippen molar-refractivity contribution in [3.63, 3.8) is 0 Å². The molecule has 1 aliphatic rings. The van der Waals surface area contributed by atoms with Gasteiger partial charge in [0.25, 0.3) is 5.91 Å². The first-order valence-corrected chi connectivity index (χ1v) is 9.57. The van der Waals surface area contributed by atoms with Crippen molar-refractivity contribution in [2.45, 2.75) is 33.1 Å². The summed E-state index contributed by atoms with van der Waals surface area (Å²) in [5.41, 5.74) is 2.01. The van der Waals surface area contributed by atoms with E-state index < -0.39 is 0 Å². The number of hydrogen-bond acceptors (Lipinski definition) is 4. The molecule has 0 spiro atoms. The number of ether oxygens (including phenoxy) is 1. The molecule has 0 aliphatic heterocycles. The Hall–Kier alpha value is -1.85. The monoisotopic (exact) mass is 377 g/mol. The fraction of sp³-hybridized carbons (Fsp3) is 0.368. The fourth-order valence-corrected chi connectivity index (χ4v) is 4.65. The highest BCUT2D eigenvalue weighted by molar-refractivity contribution is 7.17. The molecule has 1 atom stereocenters. The first kappa shape index (κ1) is 18.0. The minimum absolute atomic E-state index is 0.278. The summed E-state index contributed by atoms with van der Waals surface area (Å²) in [6, 6.07) is 6.75. The van der Waals surface area contributed by atoms with Crippen LogP contribution >= 0.6 is 22.9 Å². The van der Waals surface area contributed by atoms with E-state index in [1.54, 1.807) is 31.2 Å². The topological polar surface area (TPSA) is 55.4 Å². The Morgan fingerprint density at radius 2 is 2.20 bits per heavy atom. The average Bonchev–Trinajstić information content (AvgIpc) is 2.91. The second-order valence-corrected chi connectivity index (χ2v) is 7.78. The van der Waals surface area contributed by atoms with Crippen molar-refractivity contribution in [3.05, 3.63) is 50.9 Å². The molecule has 1 N–H and O–H groups in total. The highest BCUT2D eigenvalue weighted by atomic mass is 35.5. The zero-order valence-corrected chi connectivity index (χ0v) is 15.8. The van der Waals surface area contributed by atoms with Crippen LogP contribution in [0.5, 0.6) is 0 Å². The Morgan fingerprint density at radius 1 is 1.40 bits per heavy atom. The Bertz CT molecular complexity index is 815. The lowest BCUT2D eigenvalue weighted by Crippen LogP contribution is -2.16. The molecular weight excluding hydrogens is 358 g/mol. The van der Waals surface area contributed by atoms with Gasteiger partial charge in [-0.1, -0.05) is 24.6 Å². The predicted molar refractivity (Wildman–Crippen MR) is 101 cm³/mol. The quantitative estimate of drug-likeness (QED) is 0.766. The zero-order valence-electron chi connectivity index (χ0n) is 14.2. The van der Waals surface area contributed by atoms with Crippen LogP contribution in [0.4, 0.5) is 5.00 Å². The maximum Gasteiger partial charge on any atom is 0.341 e. The van der Waals surface area contributed by atoms with Gasteiger partial charge in [0.2, 0.25) is 0 Å². The van der Waals surface area contributed by atoms with Gasteiger partial charge in [0.05, 0.1) is 12.2 Å². The van der Waals surface area contributed by atoms with Gasteiger partial charge >= 0.3 is 5.97 Å². The molecule has 1 heterocycles. The van der Waals surface area contributed by atoms with Gasteiger partial charge in [-0.05, 0) is 55.9 Å². The molecule has 2 aromatic rings. The number of rotatable bonds is 4. The Labute approximate surface area is 156 Å². The number of fused-ring (bicyclic) bond motifs is 1. The van der Waals surface area contributed by atoms with Crippen molar-refractivity contribution >= 4 is 39.8 Å². The summed E-state index contributed by atoms with van der Waals surface area (Å²) in [7, 11) is 0. The third-order valence-electron chi connectivity index (χ3n) is 4.31. The van der Waals surface area contributed by atoms with E-state index in [0.29, 0.717) is 33.7 Å². The van der Waals surface area contributed by atoms with E-state index in [4.69, 9.17) is 16.3 Å². The van der Waals surface area contributed by atoms with Crippen molar-refractivity contribution in [2.75, 3.05) is 11.9 Å². The maximum atomic E-state index is 12.6. The largest absolute Gasteiger partial charge is 0.462 e. The van der Waals surface area contributed by atoms with Crippen LogP contribution in [0.25, 0.3) is 0 Å². The van der Waals surface area contributed by atoms with E-state index in [2.05, 4.69) is 12.2 Å². The molecule has 1 amide bonds. The number of hydrogen-bond donors (Lipinski definition) is 1. The summed E-state index contributed by atoms with van der Waals surface area (Å²) in [4.78, 5) is 26.2. The summed E-state index contributed by atoms with van der Waals surface area (Å²) in [5.74, 6) is -0.0617. The number of halogens is 1. The van der Waals surface area contributed by atoms with Crippen LogP contribution < -0.4 is 5.32 Å². The van der Waals surface area contributed by atoms with Crippen molar-refractivity contribution in [2.24, 2.45) is 5.92 Å². The minimum Gasteiger partial charge on any atom is -0.462 e. The molecule has 3 rings (SSSR count). The standard InChI is InChI=1S/C19H20ClNO3S/c1-3-24-19(23)16-14-8-7-11(2)9-15(14)25-18(16)21-17(22)12-5-4-6-13(20)10-12/h4-6,10-11H,3,7-9H2,1-2H3,(H,21,22)/t11-/m1/s1. The lowest BCUT2D eigenvalue weighted by molar-refractivity contribution is 0.0526. The Kier molecular flexibility index (Phi) is 5.45. The van der Waals surface area contributed by atoms with E-state index in [1.165, 1.54) is 16.2 Å². The molecule has 25 heavy (non-hydrogen) atoms.